The first kappa shape index (κ1) is 23.3. The molecule has 0 saturated carbocycles. The third-order valence-corrected chi connectivity index (χ3v) is 5.82. The first-order valence-electron chi connectivity index (χ1n) is 11.1. The molecule has 2 heterocycles. The molecule has 0 aliphatic carbocycles. The monoisotopic (exact) mass is 492 g/mol. The Balaban J connectivity index is 1.28. The van der Waals surface area contributed by atoms with Gasteiger partial charge in [-0.25, -0.2) is 0 Å². The van der Waals surface area contributed by atoms with Crippen LogP contribution in [0.1, 0.15) is 12.0 Å². The van der Waals surface area contributed by atoms with Crippen LogP contribution >= 0.6 is 0 Å². The van der Waals surface area contributed by atoms with Gasteiger partial charge in [-0.3, -0.25) is 9.59 Å². The van der Waals surface area contributed by atoms with E-state index in [9.17, 15) is 22.8 Å². The summed E-state index contributed by atoms with van der Waals surface area (Å²) in [5.74, 6) is -0.840. The van der Waals surface area contributed by atoms with Crippen LogP contribution in [0.3, 0.4) is 0 Å². The van der Waals surface area contributed by atoms with Crippen LogP contribution < -0.4 is 10.2 Å². The number of benzene rings is 3. The number of anilines is 2. The predicted octanol–water partition coefficient (Wildman–Crippen LogP) is 5.41. The van der Waals surface area contributed by atoms with Gasteiger partial charge in [0, 0.05) is 35.5 Å². The molecule has 0 bridgehead atoms. The van der Waals surface area contributed by atoms with E-state index in [0.29, 0.717) is 17.1 Å². The van der Waals surface area contributed by atoms with Crippen LogP contribution in [0.2, 0.25) is 0 Å². The Hall–Kier alpha value is -4.47. The highest BCUT2D eigenvalue weighted by Gasteiger charge is 2.37. The van der Waals surface area contributed by atoms with E-state index in [2.05, 4.69) is 15.5 Å². The zero-order valence-corrected chi connectivity index (χ0v) is 18.7. The molecule has 1 N–H and O–H groups in total. The minimum absolute atomic E-state index is 0.0181. The Bertz CT molecular complexity index is 1420. The number of hydrogen-bond acceptors (Lipinski definition) is 5. The predicted molar refractivity (Wildman–Crippen MR) is 126 cm³/mol. The lowest BCUT2D eigenvalue weighted by Crippen LogP contribution is -2.28. The van der Waals surface area contributed by atoms with Gasteiger partial charge in [-0.1, -0.05) is 47.6 Å². The molecule has 0 unspecified atom stereocenters. The van der Waals surface area contributed by atoms with Gasteiger partial charge in [-0.2, -0.15) is 18.2 Å². The van der Waals surface area contributed by atoms with Gasteiger partial charge in [0.05, 0.1) is 11.5 Å². The van der Waals surface area contributed by atoms with Crippen molar-refractivity contribution in [1.82, 2.24) is 10.1 Å². The molecule has 2 amide bonds. The maximum atomic E-state index is 13.1. The summed E-state index contributed by atoms with van der Waals surface area (Å²) in [6.07, 6.45) is -4.63. The Morgan fingerprint density at radius 3 is 2.50 bits per heavy atom. The fourth-order valence-corrected chi connectivity index (χ4v) is 4.00. The zero-order chi connectivity index (χ0) is 25.3. The first-order valence-corrected chi connectivity index (χ1v) is 11.1. The van der Waals surface area contributed by atoms with Crippen molar-refractivity contribution in [2.75, 3.05) is 16.8 Å². The Labute approximate surface area is 203 Å². The largest absolute Gasteiger partial charge is 0.416 e. The van der Waals surface area contributed by atoms with E-state index < -0.39 is 29.5 Å². The van der Waals surface area contributed by atoms with Gasteiger partial charge in [-0.05, 0) is 36.4 Å². The van der Waals surface area contributed by atoms with Crippen LogP contribution in [0.15, 0.2) is 83.4 Å². The number of hydrogen-bond donors (Lipinski definition) is 1. The summed E-state index contributed by atoms with van der Waals surface area (Å²) in [5, 5.41) is 6.77. The fraction of sp³-hybridized carbons (Fsp3) is 0.154. The van der Waals surface area contributed by atoms with Gasteiger partial charge >= 0.3 is 6.18 Å². The molecule has 36 heavy (non-hydrogen) atoms. The van der Waals surface area contributed by atoms with E-state index >= 15 is 0 Å². The standard InChI is InChI=1S/C26H19F3N4O3/c27-26(28,29)19-9-5-11-21(14-19)33-15-18(13-22(33)34)24(35)30-20-10-4-8-17(12-20)25-31-23(32-36-25)16-6-2-1-3-7-16/h1-12,14,18H,13,15H2,(H,30,35)/t18-/m0/s1. The van der Waals surface area contributed by atoms with Crippen molar-refractivity contribution in [2.45, 2.75) is 12.6 Å². The molecule has 1 aromatic heterocycles. The van der Waals surface area contributed by atoms with Crippen molar-refractivity contribution in [1.29, 1.82) is 0 Å². The minimum atomic E-state index is -4.53. The van der Waals surface area contributed by atoms with Crippen molar-refractivity contribution in [2.24, 2.45) is 5.92 Å². The lowest BCUT2D eigenvalue weighted by molar-refractivity contribution is -0.137. The second kappa shape index (κ2) is 9.29. The number of nitrogens with zero attached hydrogens (tertiary/aromatic N) is 3. The Kier molecular flexibility index (Phi) is 6.01. The van der Waals surface area contributed by atoms with Crippen LogP contribution in [0.4, 0.5) is 24.5 Å². The highest BCUT2D eigenvalue weighted by atomic mass is 19.4. The molecule has 0 radical (unpaired) electrons. The molecule has 4 aromatic rings. The van der Waals surface area contributed by atoms with Crippen LogP contribution in [0.25, 0.3) is 22.8 Å². The van der Waals surface area contributed by atoms with Crippen LogP contribution in [-0.2, 0) is 15.8 Å². The van der Waals surface area contributed by atoms with Gasteiger partial charge in [0.2, 0.25) is 17.6 Å². The average molecular weight is 492 g/mol. The summed E-state index contributed by atoms with van der Waals surface area (Å²) < 4.78 is 44.5. The Morgan fingerprint density at radius 2 is 1.72 bits per heavy atom. The SMILES string of the molecule is O=C(Nc1cccc(-c2nc(-c3ccccc3)no2)c1)[C@H]1CC(=O)N(c2cccc(C(F)(F)F)c2)C1. The second-order valence-electron chi connectivity index (χ2n) is 8.31. The normalized spacial score (nSPS) is 15.8. The number of rotatable bonds is 5. The van der Waals surface area contributed by atoms with Crippen molar-refractivity contribution in [3.63, 3.8) is 0 Å². The topological polar surface area (TPSA) is 88.3 Å². The molecule has 1 saturated heterocycles. The summed E-state index contributed by atoms with van der Waals surface area (Å²) in [6, 6.07) is 20.7. The van der Waals surface area contributed by atoms with Crippen LogP contribution in [0, 0.1) is 5.92 Å². The molecule has 1 atom stereocenters. The van der Waals surface area contributed by atoms with Crippen LogP contribution in [0.5, 0.6) is 0 Å². The maximum Gasteiger partial charge on any atom is 0.416 e. The molecule has 1 aliphatic rings. The fourth-order valence-electron chi connectivity index (χ4n) is 4.00. The van der Waals surface area contributed by atoms with Crippen molar-refractivity contribution in [3.05, 3.63) is 84.4 Å². The number of aromatic nitrogens is 2. The highest BCUT2D eigenvalue weighted by Crippen LogP contribution is 2.34. The van der Waals surface area contributed by atoms with E-state index in [-0.39, 0.29) is 24.5 Å². The van der Waals surface area contributed by atoms with E-state index in [1.165, 1.54) is 17.0 Å². The lowest BCUT2D eigenvalue weighted by Gasteiger charge is -2.18. The van der Waals surface area contributed by atoms with Crippen molar-refractivity contribution in [3.8, 4) is 22.8 Å². The number of nitrogens with one attached hydrogen (secondary N) is 1. The molecule has 7 nitrogen and oxygen atoms in total. The summed E-state index contributed by atoms with van der Waals surface area (Å²) in [7, 11) is 0. The molecule has 1 aliphatic heterocycles. The smallest absolute Gasteiger partial charge is 0.334 e. The quantitative estimate of drug-likeness (QED) is 0.402. The molecule has 5 rings (SSSR count). The molecule has 3 aromatic carbocycles. The third kappa shape index (κ3) is 4.83. The number of alkyl halides is 3. The van der Waals surface area contributed by atoms with Gasteiger partial charge in [-0.15, -0.1) is 0 Å². The van der Waals surface area contributed by atoms with Gasteiger partial charge in [0.15, 0.2) is 0 Å². The number of carbonyl (C=O) groups excluding carboxylic acids is 2. The minimum Gasteiger partial charge on any atom is -0.334 e. The zero-order valence-electron chi connectivity index (χ0n) is 18.7. The number of amides is 2. The molecule has 1 fully saturated rings. The van der Waals surface area contributed by atoms with Gasteiger partial charge in [0.1, 0.15) is 0 Å². The summed E-state index contributed by atoms with van der Waals surface area (Å²) in [5.41, 5.74) is 1.11. The molecular formula is C26H19F3N4O3. The number of carbonyl (C=O) groups is 2. The van der Waals surface area contributed by atoms with E-state index in [0.717, 1.165) is 17.7 Å². The highest BCUT2D eigenvalue weighted by molar-refractivity contribution is 6.03. The number of halogens is 3. The molecule has 182 valence electrons. The third-order valence-electron chi connectivity index (χ3n) is 5.82. The summed E-state index contributed by atoms with van der Waals surface area (Å²) in [4.78, 5) is 31.0. The molecule has 0 spiro atoms. The first-order chi connectivity index (χ1) is 17.3. The second-order valence-corrected chi connectivity index (χ2v) is 8.31. The summed E-state index contributed by atoms with van der Waals surface area (Å²) >= 11 is 0. The van der Waals surface area contributed by atoms with Crippen molar-refractivity contribution < 1.29 is 27.3 Å². The maximum absolute atomic E-state index is 13.1. The van der Waals surface area contributed by atoms with Gasteiger partial charge in [0.25, 0.3) is 5.89 Å². The van der Waals surface area contributed by atoms with E-state index in [1.807, 2.05) is 30.3 Å². The van der Waals surface area contributed by atoms with Crippen molar-refractivity contribution >= 4 is 23.2 Å². The Morgan fingerprint density at radius 1 is 0.972 bits per heavy atom. The van der Waals surface area contributed by atoms with E-state index in [4.69, 9.17) is 4.52 Å². The summed E-state index contributed by atoms with van der Waals surface area (Å²) in [6.45, 7) is -0.0181. The lowest BCUT2D eigenvalue weighted by atomic mass is 10.1. The van der Waals surface area contributed by atoms with E-state index in [1.54, 1.807) is 24.3 Å². The molecular weight excluding hydrogens is 473 g/mol. The average Bonchev–Trinajstić information content (AvgIpc) is 3.52. The van der Waals surface area contributed by atoms with Crippen LogP contribution in [-0.4, -0.2) is 28.5 Å². The van der Waals surface area contributed by atoms with Gasteiger partial charge < -0.3 is 14.7 Å². The molecule has 10 heteroatoms.